The molecule has 0 aromatic heterocycles. The van der Waals surface area contributed by atoms with Crippen molar-refractivity contribution in [2.75, 3.05) is 17.3 Å². The van der Waals surface area contributed by atoms with Crippen LogP contribution in [0.3, 0.4) is 0 Å². The second kappa shape index (κ2) is 5.38. The molecule has 0 spiro atoms. The van der Waals surface area contributed by atoms with E-state index in [9.17, 15) is 8.78 Å². The molecule has 88 valence electrons. The summed E-state index contributed by atoms with van der Waals surface area (Å²) < 4.78 is 26.6. The van der Waals surface area contributed by atoms with Crippen LogP contribution in [-0.4, -0.2) is 22.5 Å². The van der Waals surface area contributed by atoms with Crippen LogP contribution < -0.4 is 5.73 Å². The molecule has 1 aliphatic heterocycles. The standard InChI is InChI=1S/C11H13F2NS2/c12-7-1-2-9(13)8(5-7)11(14)10-6-15-3-4-16-10/h1-2,5,10-11H,3-4,6,14H2. The molecule has 2 rings (SSSR count). The highest BCUT2D eigenvalue weighted by Crippen LogP contribution is 2.33. The number of hydrogen-bond donors (Lipinski definition) is 1. The number of thioether (sulfide) groups is 2. The van der Waals surface area contributed by atoms with Gasteiger partial charge in [0.25, 0.3) is 0 Å². The number of nitrogens with two attached hydrogens (primary N) is 1. The molecule has 1 saturated heterocycles. The summed E-state index contributed by atoms with van der Waals surface area (Å²) >= 11 is 3.56. The van der Waals surface area contributed by atoms with Crippen molar-refractivity contribution in [1.82, 2.24) is 0 Å². The van der Waals surface area contributed by atoms with Gasteiger partial charge in [0, 0.05) is 34.1 Å². The third-order valence-corrected chi connectivity index (χ3v) is 5.44. The molecule has 1 aromatic rings. The Morgan fingerprint density at radius 2 is 2.12 bits per heavy atom. The second-order valence-electron chi connectivity index (χ2n) is 3.68. The molecule has 1 fully saturated rings. The molecule has 5 heteroatoms. The SMILES string of the molecule is NC(c1cc(F)ccc1F)C1CSCCS1. The first-order valence-electron chi connectivity index (χ1n) is 5.08. The van der Waals surface area contributed by atoms with Crippen LogP contribution in [0.5, 0.6) is 0 Å². The fourth-order valence-electron chi connectivity index (χ4n) is 1.68. The lowest BCUT2D eigenvalue weighted by Crippen LogP contribution is -2.29. The van der Waals surface area contributed by atoms with Crippen LogP contribution in [0.2, 0.25) is 0 Å². The summed E-state index contributed by atoms with van der Waals surface area (Å²) in [5.74, 6) is 2.20. The number of hydrogen-bond acceptors (Lipinski definition) is 3. The van der Waals surface area contributed by atoms with Gasteiger partial charge in [-0.2, -0.15) is 23.5 Å². The molecule has 1 aliphatic rings. The van der Waals surface area contributed by atoms with E-state index in [2.05, 4.69) is 0 Å². The monoisotopic (exact) mass is 261 g/mol. The minimum atomic E-state index is -0.430. The molecule has 2 N–H and O–H groups in total. The van der Waals surface area contributed by atoms with E-state index in [-0.39, 0.29) is 5.25 Å². The normalized spacial score (nSPS) is 23.1. The summed E-state index contributed by atoms with van der Waals surface area (Å²) in [6.07, 6.45) is 0. The van der Waals surface area contributed by atoms with E-state index < -0.39 is 17.7 Å². The highest BCUT2D eigenvalue weighted by Gasteiger charge is 2.25. The molecule has 0 saturated carbocycles. The van der Waals surface area contributed by atoms with Crippen LogP contribution in [0, 0.1) is 11.6 Å². The van der Waals surface area contributed by atoms with Gasteiger partial charge in [-0.1, -0.05) is 0 Å². The van der Waals surface area contributed by atoms with Gasteiger partial charge in [-0.15, -0.1) is 0 Å². The molecule has 2 atom stereocenters. The Balaban J connectivity index is 2.18. The van der Waals surface area contributed by atoms with E-state index in [4.69, 9.17) is 5.73 Å². The lowest BCUT2D eigenvalue weighted by atomic mass is 10.0. The predicted octanol–water partition coefficient (Wildman–Crippen LogP) is 2.81. The van der Waals surface area contributed by atoms with E-state index >= 15 is 0 Å². The zero-order valence-electron chi connectivity index (χ0n) is 8.66. The maximum absolute atomic E-state index is 13.5. The first-order valence-corrected chi connectivity index (χ1v) is 7.28. The third-order valence-electron chi connectivity index (χ3n) is 2.56. The van der Waals surface area contributed by atoms with E-state index in [1.165, 1.54) is 6.07 Å². The van der Waals surface area contributed by atoms with Crippen molar-refractivity contribution < 1.29 is 8.78 Å². The second-order valence-corrected chi connectivity index (χ2v) is 6.17. The Morgan fingerprint density at radius 3 is 2.81 bits per heavy atom. The van der Waals surface area contributed by atoms with E-state index in [0.717, 1.165) is 29.4 Å². The van der Waals surface area contributed by atoms with Crippen LogP contribution in [-0.2, 0) is 0 Å². The smallest absolute Gasteiger partial charge is 0.128 e. The van der Waals surface area contributed by atoms with Crippen LogP contribution in [0.15, 0.2) is 18.2 Å². The molecule has 1 aromatic carbocycles. The Kier molecular flexibility index (Phi) is 4.10. The fraction of sp³-hybridized carbons (Fsp3) is 0.455. The Labute approximate surface area is 102 Å². The first kappa shape index (κ1) is 12.2. The van der Waals surface area contributed by atoms with Crippen LogP contribution in [0.4, 0.5) is 8.78 Å². The van der Waals surface area contributed by atoms with Crippen LogP contribution in [0.25, 0.3) is 0 Å². The quantitative estimate of drug-likeness (QED) is 0.886. The summed E-state index contributed by atoms with van der Waals surface area (Å²) in [5, 5.41) is 0.176. The van der Waals surface area contributed by atoms with Gasteiger partial charge in [-0.05, 0) is 18.2 Å². The van der Waals surface area contributed by atoms with Gasteiger partial charge < -0.3 is 5.73 Å². The maximum Gasteiger partial charge on any atom is 0.128 e. The van der Waals surface area contributed by atoms with Crippen molar-refractivity contribution >= 4 is 23.5 Å². The number of halogens is 2. The Bertz CT molecular complexity index is 367. The minimum Gasteiger partial charge on any atom is -0.323 e. The molecular formula is C11H13F2NS2. The zero-order chi connectivity index (χ0) is 11.5. The molecule has 0 radical (unpaired) electrons. The van der Waals surface area contributed by atoms with Crippen molar-refractivity contribution in [3.05, 3.63) is 35.4 Å². The summed E-state index contributed by atoms with van der Waals surface area (Å²) in [5.41, 5.74) is 6.29. The van der Waals surface area contributed by atoms with Crippen molar-refractivity contribution in [3.63, 3.8) is 0 Å². The van der Waals surface area contributed by atoms with Gasteiger partial charge in [0.2, 0.25) is 0 Å². The fourth-order valence-corrected chi connectivity index (χ4v) is 4.48. The summed E-state index contributed by atoms with van der Waals surface area (Å²) in [7, 11) is 0. The van der Waals surface area contributed by atoms with Gasteiger partial charge in [0.1, 0.15) is 11.6 Å². The third kappa shape index (κ3) is 2.70. The van der Waals surface area contributed by atoms with Crippen molar-refractivity contribution in [2.45, 2.75) is 11.3 Å². The first-order chi connectivity index (χ1) is 7.68. The molecular weight excluding hydrogens is 248 g/mol. The van der Waals surface area contributed by atoms with Crippen LogP contribution in [0.1, 0.15) is 11.6 Å². The maximum atomic E-state index is 13.5. The number of rotatable bonds is 2. The lowest BCUT2D eigenvalue weighted by Gasteiger charge is -2.27. The van der Waals surface area contributed by atoms with Crippen molar-refractivity contribution in [2.24, 2.45) is 5.73 Å². The minimum absolute atomic E-state index is 0.176. The van der Waals surface area contributed by atoms with Crippen molar-refractivity contribution in [3.8, 4) is 0 Å². The lowest BCUT2D eigenvalue weighted by molar-refractivity contribution is 0.561. The molecule has 16 heavy (non-hydrogen) atoms. The topological polar surface area (TPSA) is 26.0 Å². The van der Waals surface area contributed by atoms with E-state index in [0.29, 0.717) is 5.56 Å². The predicted molar refractivity (Wildman–Crippen MR) is 66.9 cm³/mol. The van der Waals surface area contributed by atoms with Crippen molar-refractivity contribution in [1.29, 1.82) is 0 Å². The summed E-state index contributed by atoms with van der Waals surface area (Å²) in [6.45, 7) is 0. The average Bonchev–Trinajstić information content (AvgIpc) is 2.32. The van der Waals surface area contributed by atoms with Gasteiger partial charge in [-0.25, -0.2) is 8.78 Å². The van der Waals surface area contributed by atoms with Gasteiger partial charge in [0.05, 0.1) is 0 Å². The Hall–Kier alpha value is -0.260. The highest BCUT2D eigenvalue weighted by atomic mass is 32.2. The summed E-state index contributed by atoms with van der Waals surface area (Å²) in [4.78, 5) is 0. The highest BCUT2D eigenvalue weighted by molar-refractivity contribution is 8.06. The van der Waals surface area contributed by atoms with Gasteiger partial charge in [0.15, 0.2) is 0 Å². The number of benzene rings is 1. The molecule has 0 aliphatic carbocycles. The van der Waals surface area contributed by atoms with Gasteiger partial charge in [-0.3, -0.25) is 0 Å². The molecule has 0 amide bonds. The van der Waals surface area contributed by atoms with E-state index in [1.54, 1.807) is 11.8 Å². The van der Waals surface area contributed by atoms with E-state index in [1.807, 2.05) is 11.8 Å². The summed E-state index contributed by atoms with van der Waals surface area (Å²) in [6, 6.07) is 3.05. The zero-order valence-corrected chi connectivity index (χ0v) is 10.3. The van der Waals surface area contributed by atoms with Gasteiger partial charge >= 0.3 is 0 Å². The molecule has 0 bridgehead atoms. The largest absolute Gasteiger partial charge is 0.323 e. The van der Waals surface area contributed by atoms with Crippen LogP contribution >= 0.6 is 23.5 Å². The average molecular weight is 261 g/mol. The molecule has 1 heterocycles. The Morgan fingerprint density at radius 1 is 1.31 bits per heavy atom. The molecule has 2 unspecified atom stereocenters. The molecule has 1 nitrogen and oxygen atoms in total.